The van der Waals surface area contributed by atoms with Gasteiger partial charge in [0.05, 0.1) is 62.5 Å². The normalized spacial score (nSPS) is 22.5. The highest BCUT2D eigenvalue weighted by molar-refractivity contribution is 7.89. The summed E-state index contributed by atoms with van der Waals surface area (Å²) in [5, 5.41) is 18.3. The molecule has 5 rings (SSSR count). The molecule has 2 aromatic carbocycles. The molecule has 1 aliphatic carbocycles. The van der Waals surface area contributed by atoms with Crippen LogP contribution in [0.1, 0.15) is 37.7 Å². The van der Waals surface area contributed by atoms with Gasteiger partial charge in [0.15, 0.2) is 6.29 Å². The molecular formula is C32H44N4O10S. The SMILES string of the molecule is CON(C)C(=O)CNc1cccc(S(=O)(=O)N(C[C@@H](O)[C@H](Cc2ccccc2)NC(=O)OC2COC3OCCC23)OC2CCCC2)c1. The minimum absolute atomic E-state index is 0.0667. The van der Waals surface area contributed by atoms with Crippen LogP contribution in [0.15, 0.2) is 59.5 Å². The molecule has 258 valence electrons. The zero-order valence-corrected chi connectivity index (χ0v) is 27.5. The Bertz CT molecular complexity index is 1440. The van der Waals surface area contributed by atoms with Gasteiger partial charge < -0.3 is 30.0 Å². The number of fused-ring (bicyclic) bond motifs is 1. The van der Waals surface area contributed by atoms with Crippen LogP contribution in [0.25, 0.3) is 0 Å². The maximum absolute atomic E-state index is 14.1. The number of hydroxylamine groups is 3. The van der Waals surface area contributed by atoms with E-state index in [4.69, 9.17) is 23.9 Å². The van der Waals surface area contributed by atoms with Crippen LogP contribution in [-0.4, -0.2) is 106 Å². The number of rotatable bonds is 15. The lowest BCUT2D eigenvalue weighted by molar-refractivity contribution is -0.166. The van der Waals surface area contributed by atoms with Crippen LogP contribution in [0.3, 0.4) is 0 Å². The van der Waals surface area contributed by atoms with Crippen LogP contribution in [0, 0.1) is 5.92 Å². The lowest BCUT2D eigenvalue weighted by Gasteiger charge is -2.31. The molecule has 0 spiro atoms. The van der Waals surface area contributed by atoms with Gasteiger partial charge in [0.2, 0.25) is 0 Å². The highest BCUT2D eigenvalue weighted by atomic mass is 32.2. The number of ether oxygens (including phenoxy) is 3. The fourth-order valence-corrected chi connectivity index (χ4v) is 7.28. The van der Waals surface area contributed by atoms with Crippen molar-refractivity contribution >= 4 is 27.7 Å². The van der Waals surface area contributed by atoms with E-state index in [9.17, 15) is 23.1 Å². The van der Waals surface area contributed by atoms with E-state index in [1.165, 1.54) is 26.3 Å². The van der Waals surface area contributed by atoms with E-state index in [1.54, 1.807) is 12.1 Å². The molecule has 2 heterocycles. The predicted molar refractivity (Wildman–Crippen MR) is 169 cm³/mol. The van der Waals surface area contributed by atoms with Crippen LogP contribution in [0.2, 0.25) is 0 Å². The van der Waals surface area contributed by atoms with Crippen LogP contribution in [0.4, 0.5) is 10.5 Å². The number of hydrogen-bond acceptors (Lipinski definition) is 11. The fraction of sp³-hybridized carbons (Fsp3) is 0.562. The van der Waals surface area contributed by atoms with Gasteiger partial charge in [-0.1, -0.05) is 53.7 Å². The third-order valence-electron chi connectivity index (χ3n) is 8.68. The third-order valence-corrected chi connectivity index (χ3v) is 10.3. The van der Waals surface area contributed by atoms with E-state index in [-0.39, 0.29) is 42.4 Å². The molecule has 0 bridgehead atoms. The van der Waals surface area contributed by atoms with Gasteiger partial charge in [0.1, 0.15) is 6.10 Å². The number of aliphatic hydroxyl groups is 1. The molecule has 3 N–H and O–H groups in total. The molecule has 2 amide bonds. The van der Waals surface area contributed by atoms with Crippen molar-refractivity contribution in [3.8, 4) is 0 Å². The van der Waals surface area contributed by atoms with Gasteiger partial charge in [-0.15, -0.1) is 0 Å². The first-order valence-corrected chi connectivity index (χ1v) is 17.3. The lowest BCUT2D eigenvalue weighted by atomic mass is 10.0. The highest BCUT2D eigenvalue weighted by Gasteiger charge is 2.44. The molecule has 3 aliphatic rings. The fourth-order valence-electron chi connectivity index (χ4n) is 5.93. The Morgan fingerprint density at radius 2 is 1.83 bits per heavy atom. The molecule has 0 radical (unpaired) electrons. The maximum Gasteiger partial charge on any atom is 0.407 e. The van der Waals surface area contributed by atoms with Gasteiger partial charge in [-0.2, -0.15) is 0 Å². The van der Waals surface area contributed by atoms with Crippen LogP contribution >= 0.6 is 0 Å². The van der Waals surface area contributed by atoms with Gasteiger partial charge in [-0.05, 0) is 49.4 Å². The van der Waals surface area contributed by atoms with Crippen molar-refractivity contribution in [2.45, 2.75) is 74.1 Å². The van der Waals surface area contributed by atoms with Gasteiger partial charge >= 0.3 is 6.09 Å². The second-order valence-electron chi connectivity index (χ2n) is 11.9. The summed E-state index contributed by atoms with van der Waals surface area (Å²) >= 11 is 0. The van der Waals surface area contributed by atoms with E-state index < -0.39 is 47.2 Å². The minimum atomic E-state index is -4.31. The molecule has 2 aromatic rings. The number of sulfonamides is 1. The Hall–Kier alpha value is -3.31. The number of benzene rings is 2. The van der Waals surface area contributed by atoms with Crippen molar-refractivity contribution in [3.05, 3.63) is 60.2 Å². The molecular weight excluding hydrogens is 632 g/mol. The van der Waals surface area contributed by atoms with Crippen LogP contribution in [-0.2, 0) is 45.1 Å². The standard InChI is InChI=1S/C32H44N4O10S/c1-35(42-2)30(38)19-33-23-11-8-14-25(18-23)47(40,41)36(46-24-12-6-7-13-24)20-28(37)27(17-22-9-4-3-5-10-22)34-32(39)45-29-21-44-31-26(29)15-16-43-31/h3-5,8-11,14,18,24,26-29,31,33,37H,6-7,12-13,15-17,19-21H2,1-2H3,(H,34,39)/t26?,27-,28+,29?,31?/m0/s1. The number of alkyl carbamates (subject to hydrolysis) is 1. The Kier molecular flexibility index (Phi) is 12.1. The molecule has 15 heteroatoms. The van der Waals surface area contributed by atoms with Gasteiger partial charge in [-0.3, -0.25) is 14.5 Å². The van der Waals surface area contributed by atoms with Crippen molar-refractivity contribution < 1.29 is 47.0 Å². The summed E-state index contributed by atoms with van der Waals surface area (Å²) in [6.45, 7) is 0.149. The van der Waals surface area contributed by atoms with Crippen LogP contribution < -0.4 is 10.6 Å². The number of carbonyl (C=O) groups excluding carboxylic acids is 2. The van der Waals surface area contributed by atoms with Crippen molar-refractivity contribution in [1.82, 2.24) is 14.8 Å². The number of aliphatic hydroxyl groups excluding tert-OH is 1. The van der Waals surface area contributed by atoms with E-state index in [2.05, 4.69) is 10.6 Å². The number of anilines is 1. The monoisotopic (exact) mass is 676 g/mol. The van der Waals surface area contributed by atoms with E-state index in [0.29, 0.717) is 31.6 Å². The molecule has 47 heavy (non-hydrogen) atoms. The van der Waals surface area contributed by atoms with Crippen molar-refractivity contribution in [2.24, 2.45) is 5.92 Å². The molecule has 3 fully saturated rings. The first kappa shape index (κ1) is 35.0. The summed E-state index contributed by atoms with van der Waals surface area (Å²) in [7, 11) is -1.48. The van der Waals surface area contributed by atoms with E-state index in [1.807, 2.05) is 30.3 Å². The number of carbonyl (C=O) groups is 2. The number of nitrogens with one attached hydrogen (secondary N) is 2. The summed E-state index contributed by atoms with van der Waals surface area (Å²) in [5.74, 6) is -0.426. The largest absolute Gasteiger partial charge is 0.443 e. The molecule has 0 aromatic heterocycles. The number of nitrogens with zero attached hydrogens (tertiary/aromatic N) is 2. The molecule has 2 saturated heterocycles. The number of likely N-dealkylation sites (N-methyl/N-ethyl adjacent to an activating group) is 1. The summed E-state index contributed by atoms with van der Waals surface area (Å²) in [6, 6.07) is 14.3. The summed E-state index contributed by atoms with van der Waals surface area (Å²) < 4.78 is 45.8. The predicted octanol–water partition coefficient (Wildman–Crippen LogP) is 2.44. The van der Waals surface area contributed by atoms with Crippen molar-refractivity contribution in [1.29, 1.82) is 0 Å². The molecule has 14 nitrogen and oxygen atoms in total. The average Bonchev–Trinajstić information content (AvgIpc) is 3.84. The van der Waals surface area contributed by atoms with Crippen molar-refractivity contribution in [3.63, 3.8) is 0 Å². The number of amides is 2. The topological polar surface area (TPSA) is 165 Å². The second-order valence-corrected chi connectivity index (χ2v) is 13.8. The quantitative estimate of drug-likeness (QED) is 0.237. The van der Waals surface area contributed by atoms with E-state index in [0.717, 1.165) is 27.9 Å². The molecule has 5 atom stereocenters. The number of hydrogen-bond donors (Lipinski definition) is 3. The zero-order valence-electron chi connectivity index (χ0n) is 26.7. The minimum Gasteiger partial charge on any atom is -0.443 e. The molecule has 3 unspecified atom stereocenters. The van der Waals surface area contributed by atoms with Crippen LogP contribution in [0.5, 0.6) is 0 Å². The van der Waals surface area contributed by atoms with E-state index >= 15 is 0 Å². The maximum atomic E-state index is 14.1. The lowest BCUT2D eigenvalue weighted by Crippen LogP contribution is -2.51. The van der Waals surface area contributed by atoms with Gasteiger partial charge in [0.25, 0.3) is 15.9 Å². The Morgan fingerprint density at radius 3 is 2.57 bits per heavy atom. The van der Waals surface area contributed by atoms with Crippen molar-refractivity contribution in [2.75, 3.05) is 45.8 Å². The highest BCUT2D eigenvalue weighted by Crippen LogP contribution is 2.33. The summed E-state index contributed by atoms with van der Waals surface area (Å²) in [6.07, 6.45) is 0.674. The first-order chi connectivity index (χ1) is 22.6. The Labute approximate surface area is 275 Å². The summed E-state index contributed by atoms with van der Waals surface area (Å²) in [5.41, 5.74) is 1.21. The van der Waals surface area contributed by atoms with Gasteiger partial charge in [-0.25, -0.2) is 18.3 Å². The Morgan fingerprint density at radius 1 is 1.06 bits per heavy atom. The second kappa shape index (κ2) is 16.2. The smallest absolute Gasteiger partial charge is 0.407 e. The Balaban J connectivity index is 1.33. The summed E-state index contributed by atoms with van der Waals surface area (Å²) in [4.78, 5) is 36.2. The molecule has 2 aliphatic heterocycles. The molecule has 1 saturated carbocycles. The third kappa shape index (κ3) is 9.19. The van der Waals surface area contributed by atoms with Gasteiger partial charge in [0, 0.05) is 12.7 Å². The average molecular weight is 677 g/mol. The zero-order chi connectivity index (χ0) is 33.4. The first-order valence-electron chi connectivity index (χ1n) is 15.9.